The minimum atomic E-state index is 0.378. The van der Waals surface area contributed by atoms with E-state index in [2.05, 4.69) is 34.3 Å². The van der Waals surface area contributed by atoms with Crippen molar-refractivity contribution in [3.05, 3.63) is 23.6 Å². The predicted molar refractivity (Wildman–Crippen MR) is 64.5 cm³/mol. The second-order valence-electron chi connectivity index (χ2n) is 4.65. The van der Waals surface area contributed by atoms with Crippen LogP contribution in [0.15, 0.2) is 10.7 Å². The summed E-state index contributed by atoms with van der Waals surface area (Å²) < 4.78 is 6.80. The maximum absolute atomic E-state index is 5.46. The molecule has 0 bridgehead atoms. The number of rotatable bonds is 6. The Morgan fingerprint density at radius 2 is 2.28 bits per heavy atom. The van der Waals surface area contributed by atoms with E-state index in [0.29, 0.717) is 24.9 Å². The fraction of sp³-hybridized carbons (Fsp3) is 0.636. The van der Waals surface area contributed by atoms with E-state index in [9.17, 15) is 0 Å². The van der Waals surface area contributed by atoms with Gasteiger partial charge in [0.1, 0.15) is 6.54 Å². The van der Waals surface area contributed by atoms with Crippen LogP contribution in [0.2, 0.25) is 0 Å². The van der Waals surface area contributed by atoms with Gasteiger partial charge in [-0.2, -0.15) is 4.98 Å². The summed E-state index contributed by atoms with van der Waals surface area (Å²) in [7, 11) is 0. The lowest BCUT2D eigenvalue weighted by Gasteiger charge is -1.98. The molecule has 0 aliphatic carbocycles. The molecule has 0 radical (unpaired) electrons. The number of nitrogens with zero attached hydrogens (tertiary/aromatic N) is 5. The molecule has 2 rings (SSSR count). The van der Waals surface area contributed by atoms with Crippen molar-refractivity contribution in [1.29, 1.82) is 0 Å². The van der Waals surface area contributed by atoms with E-state index in [-0.39, 0.29) is 0 Å². The average Bonchev–Trinajstić information content (AvgIpc) is 2.96. The highest BCUT2D eigenvalue weighted by Crippen LogP contribution is 2.07. The van der Waals surface area contributed by atoms with Gasteiger partial charge in [-0.3, -0.25) is 0 Å². The largest absolute Gasteiger partial charge is 0.337 e. The Kier molecular flexibility index (Phi) is 4.03. The Hall–Kier alpha value is -1.76. The Morgan fingerprint density at radius 1 is 1.44 bits per heavy atom. The maximum Gasteiger partial charge on any atom is 0.248 e. The van der Waals surface area contributed by atoms with E-state index < -0.39 is 0 Å². The smallest absolute Gasteiger partial charge is 0.248 e. The van der Waals surface area contributed by atoms with Crippen LogP contribution in [0.4, 0.5) is 0 Å². The summed E-state index contributed by atoms with van der Waals surface area (Å²) in [6, 6.07) is 0. The molecule has 2 aromatic heterocycles. The van der Waals surface area contributed by atoms with Crippen LogP contribution in [0.5, 0.6) is 0 Å². The van der Waals surface area contributed by atoms with Crippen molar-refractivity contribution in [2.24, 2.45) is 11.7 Å². The highest BCUT2D eigenvalue weighted by molar-refractivity contribution is 4.93. The first-order chi connectivity index (χ1) is 8.67. The Bertz CT molecular complexity index is 489. The van der Waals surface area contributed by atoms with Gasteiger partial charge in [-0.05, 0) is 12.3 Å². The van der Waals surface area contributed by atoms with Crippen LogP contribution in [-0.4, -0.2) is 25.1 Å². The lowest BCUT2D eigenvalue weighted by atomic mass is 10.1. The molecule has 0 aliphatic rings. The third kappa shape index (κ3) is 3.36. The van der Waals surface area contributed by atoms with Crippen molar-refractivity contribution in [3.8, 4) is 0 Å². The van der Waals surface area contributed by atoms with Crippen LogP contribution in [0.3, 0.4) is 0 Å². The summed E-state index contributed by atoms with van der Waals surface area (Å²) >= 11 is 0. The molecular formula is C11H18N6O. The Morgan fingerprint density at radius 3 is 2.94 bits per heavy atom. The molecule has 0 unspecified atom stereocenters. The second kappa shape index (κ2) is 5.72. The first kappa shape index (κ1) is 12.7. The minimum Gasteiger partial charge on any atom is -0.337 e. The van der Waals surface area contributed by atoms with Crippen LogP contribution in [-0.2, 0) is 19.5 Å². The molecule has 0 aromatic carbocycles. The van der Waals surface area contributed by atoms with Crippen molar-refractivity contribution in [1.82, 2.24) is 25.1 Å². The summed E-state index contributed by atoms with van der Waals surface area (Å²) in [4.78, 5) is 4.31. The van der Waals surface area contributed by atoms with E-state index >= 15 is 0 Å². The van der Waals surface area contributed by atoms with Crippen molar-refractivity contribution in [2.45, 2.75) is 39.8 Å². The van der Waals surface area contributed by atoms with E-state index in [1.807, 2.05) is 0 Å². The van der Waals surface area contributed by atoms with Gasteiger partial charge >= 0.3 is 0 Å². The van der Waals surface area contributed by atoms with E-state index in [1.165, 1.54) is 0 Å². The first-order valence-electron chi connectivity index (χ1n) is 6.08. The topological polar surface area (TPSA) is 95.7 Å². The molecule has 98 valence electrons. The standard InChI is InChI=1S/C11H18N6O/c1-8(2)3-4-10-13-11(18-15-10)7-17-6-9(5-12)14-16-17/h6,8H,3-5,7,12H2,1-2H3. The zero-order chi connectivity index (χ0) is 13.0. The monoisotopic (exact) mass is 250 g/mol. The number of nitrogens with two attached hydrogens (primary N) is 1. The molecule has 0 fully saturated rings. The molecule has 0 saturated carbocycles. The number of aromatic nitrogens is 5. The molecular weight excluding hydrogens is 232 g/mol. The highest BCUT2D eigenvalue weighted by atomic mass is 16.5. The molecule has 0 aliphatic heterocycles. The van der Waals surface area contributed by atoms with Gasteiger partial charge in [0.05, 0.1) is 11.9 Å². The molecule has 0 spiro atoms. The van der Waals surface area contributed by atoms with Crippen molar-refractivity contribution < 1.29 is 4.52 Å². The van der Waals surface area contributed by atoms with Crippen LogP contribution < -0.4 is 5.73 Å². The van der Waals surface area contributed by atoms with Gasteiger partial charge in [0, 0.05) is 13.0 Å². The molecule has 18 heavy (non-hydrogen) atoms. The van der Waals surface area contributed by atoms with Gasteiger partial charge in [-0.25, -0.2) is 4.68 Å². The number of aryl methyl sites for hydroxylation is 1. The average molecular weight is 250 g/mol. The van der Waals surface area contributed by atoms with Crippen LogP contribution >= 0.6 is 0 Å². The van der Waals surface area contributed by atoms with Crippen molar-refractivity contribution in [3.63, 3.8) is 0 Å². The second-order valence-corrected chi connectivity index (χ2v) is 4.65. The molecule has 0 amide bonds. The Labute approximate surface area is 105 Å². The SMILES string of the molecule is CC(C)CCc1noc(Cn2cc(CN)nn2)n1. The minimum absolute atomic E-state index is 0.378. The fourth-order valence-corrected chi connectivity index (χ4v) is 1.52. The highest BCUT2D eigenvalue weighted by Gasteiger charge is 2.08. The quantitative estimate of drug-likeness (QED) is 0.813. The van der Waals surface area contributed by atoms with E-state index in [0.717, 1.165) is 24.4 Å². The lowest BCUT2D eigenvalue weighted by molar-refractivity contribution is 0.359. The van der Waals surface area contributed by atoms with Crippen LogP contribution in [0.1, 0.15) is 37.7 Å². The summed E-state index contributed by atoms with van der Waals surface area (Å²) in [5, 5.41) is 11.8. The van der Waals surface area contributed by atoms with Gasteiger partial charge < -0.3 is 10.3 Å². The lowest BCUT2D eigenvalue weighted by Crippen LogP contribution is -2.01. The van der Waals surface area contributed by atoms with Crippen LogP contribution in [0, 0.1) is 5.92 Å². The molecule has 2 heterocycles. The number of hydrogen-bond donors (Lipinski definition) is 1. The molecule has 7 heteroatoms. The zero-order valence-electron chi connectivity index (χ0n) is 10.7. The number of hydrogen-bond acceptors (Lipinski definition) is 6. The molecule has 2 N–H and O–H groups in total. The molecule has 0 atom stereocenters. The third-order valence-corrected chi connectivity index (χ3v) is 2.55. The predicted octanol–water partition coefficient (Wildman–Crippen LogP) is 0.757. The summed E-state index contributed by atoms with van der Waals surface area (Å²) in [5.41, 5.74) is 6.21. The summed E-state index contributed by atoms with van der Waals surface area (Å²) in [6.07, 6.45) is 3.67. The molecule has 2 aromatic rings. The summed E-state index contributed by atoms with van der Waals surface area (Å²) in [5.74, 6) is 1.93. The van der Waals surface area contributed by atoms with Crippen LogP contribution in [0.25, 0.3) is 0 Å². The van der Waals surface area contributed by atoms with Gasteiger partial charge in [0.2, 0.25) is 5.89 Å². The third-order valence-electron chi connectivity index (χ3n) is 2.55. The van der Waals surface area contributed by atoms with Gasteiger partial charge in [-0.1, -0.05) is 24.2 Å². The molecule has 7 nitrogen and oxygen atoms in total. The maximum atomic E-state index is 5.46. The first-order valence-corrected chi connectivity index (χ1v) is 6.08. The van der Waals surface area contributed by atoms with Gasteiger partial charge in [0.25, 0.3) is 0 Å². The van der Waals surface area contributed by atoms with E-state index in [1.54, 1.807) is 10.9 Å². The van der Waals surface area contributed by atoms with Gasteiger partial charge in [0.15, 0.2) is 5.82 Å². The normalized spacial score (nSPS) is 11.3. The molecule has 0 saturated heterocycles. The fourth-order valence-electron chi connectivity index (χ4n) is 1.52. The van der Waals surface area contributed by atoms with E-state index in [4.69, 9.17) is 10.3 Å². The Balaban J connectivity index is 1.93. The zero-order valence-corrected chi connectivity index (χ0v) is 10.7. The summed E-state index contributed by atoms with van der Waals surface area (Å²) in [6.45, 7) is 5.15. The van der Waals surface area contributed by atoms with Crippen molar-refractivity contribution in [2.75, 3.05) is 0 Å². The van der Waals surface area contributed by atoms with Crippen molar-refractivity contribution >= 4 is 0 Å². The van der Waals surface area contributed by atoms with Gasteiger partial charge in [-0.15, -0.1) is 5.10 Å².